The van der Waals surface area contributed by atoms with Crippen LogP contribution in [0.1, 0.15) is 15.9 Å². The molecule has 0 aliphatic heterocycles. The summed E-state index contributed by atoms with van der Waals surface area (Å²) in [4.78, 5) is 10.2. The summed E-state index contributed by atoms with van der Waals surface area (Å²) in [6.07, 6.45) is -4.59. The van der Waals surface area contributed by atoms with Crippen molar-refractivity contribution in [3.63, 3.8) is 0 Å². The molecule has 1 aromatic carbocycles. The van der Waals surface area contributed by atoms with Crippen LogP contribution in [0.5, 0.6) is 0 Å². The van der Waals surface area contributed by atoms with Crippen molar-refractivity contribution in [3.8, 4) is 0 Å². The molecule has 0 aliphatic rings. The molecule has 0 bridgehead atoms. The second-order valence-electron chi connectivity index (χ2n) is 2.50. The zero-order chi connectivity index (χ0) is 10.9. The summed E-state index contributed by atoms with van der Waals surface area (Å²) < 4.78 is 48.6. The van der Waals surface area contributed by atoms with Gasteiger partial charge in [-0.2, -0.15) is 17.6 Å². The fraction of sp³-hybridized carbons (Fsp3) is 0.125. The first-order valence-electron chi connectivity index (χ1n) is 3.38. The van der Waals surface area contributed by atoms with Gasteiger partial charge >= 0.3 is 12.2 Å². The van der Waals surface area contributed by atoms with Crippen LogP contribution in [0.15, 0.2) is 22.7 Å². The number of alkyl halides is 3. The third-order valence-electron chi connectivity index (χ3n) is 1.45. The zero-order valence-corrected chi connectivity index (χ0v) is 8.12. The molecule has 0 saturated heterocycles. The van der Waals surface area contributed by atoms with Gasteiger partial charge in [0.1, 0.15) is 0 Å². The van der Waals surface area contributed by atoms with Crippen molar-refractivity contribution in [2.45, 2.75) is 6.18 Å². The molecule has 0 aliphatic carbocycles. The Bertz CT molecular complexity index is 372. The van der Waals surface area contributed by atoms with E-state index in [1.165, 1.54) is 0 Å². The molecular weight excluding hydrogens is 268 g/mol. The maximum atomic E-state index is 12.2. The minimum Gasteiger partial charge on any atom is -0.255 e. The van der Waals surface area contributed by atoms with Crippen LogP contribution in [-0.4, -0.2) is 6.04 Å². The molecule has 0 unspecified atom stereocenters. The van der Waals surface area contributed by atoms with Gasteiger partial charge in [0.25, 0.3) is 0 Å². The zero-order valence-electron chi connectivity index (χ0n) is 6.53. The van der Waals surface area contributed by atoms with Gasteiger partial charge in [-0.1, -0.05) is 15.9 Å². The Labute approximate surface area is 84.9 Å². The second kappa shape index (κ2) is 3.68. The number of benzene rings is 1. The van der Waals surface area contributed by atoms with Gasteiger partial charge in [-0.25, -0.2) is 0 Å². The highest BCUT2D eigenvalue weighted by Gasteiger charge is 2.31. The van der Waals surface area contributed by atoms with E-state index in [2.05, 4.69) is 15.9 Å². The van der Waals surface area contributed by atoms with Crippen LogP contribution in [0, 0.1) is 0 Å². The van der Waals surface area contributed by atoms with E-state index in [4.69, 9.17) is 0 Å². The Morgan fingerprint density at radius 1 is 1.21 bits per heavy atom. The Kier molecular flexibility index (Phi) is 2.94. The fourth-order valence-electron chi connectivity index (χ4n) is 0.867. The molecule has 0 saturated carbocycles. The monoisotopic (exact) mass is 270 g/mol. The van der Waals surface area contributed by atoms with E-state index >= 15 is 0 Å². The molecule has 0 aromatic heterocycles. The first-order valence-corrected chi connectivity index (χ1v) is 4.17. The third kappa shape index (κ3) is 2.54. The van der Waals surface area contributed by atoms with Crippen LogP contribution < -0.4 is 0 Å². The maximum absolute atomic E-state index is 12.2. The summed E-state index contributed by atoms with van der Waals surface area (Å²) in [5, 5.41) is 0. The molecule has 1 aromatic rings. The lowest BCUT2D eigenvalue weighted by Gasteiger charge is -2.07. The number of hydrogen-bond acceptors (Lipinski definition) is 1. The standard InChI is InChI=1S/C8H3BrF4O/c9-6-2-4(7(10)14)1-5(3-6)8(11,12)13/h1-3H. The van der Waals surface area contributed by atoms with Crippen LogP contribution in [0.4, 0.5) is 17.6 Å². The van der Waals surface area contributed by atoms with E-state index in [0.29, 0.717) is 6.07 Å². The molecule has 76 valence electrons. The Hall–Kier alpha value is -0.910. The molecule has 0 N–H and O–H groups in total. The highest BCUT2D eigenvalue weighted by Crippen LogP contribution is 2.32. The summed E-state index contributed by atoms with van der Waals surface area (Å²) in [6, 6.07) is 0.327. The van der Waals surface area contributed by atoms with E-state index in [9.17, 15) is 22.4 Å². The van der Waals surface area contributed by atoms with E-state index < -0.39 is 23.3 Å². The van der Waals surface area contributed by atoms with Crippen molar-refractivity contribution < 1.29 is 22.4 Å². The topological polar surface area (TPSA) is 17.1 Å². The van der Waals surface area contributed by atoms with Crippen molar-refractivity contribution in [3.05, 3.63) is 33.8 Å². The first-order chi connectivity index (χ1) is 6.30. The van der Waals surface area contributed by atoms with Gasteiger partial charge in [-0.05, 0) is 18.2 Å². The highest BCUT2D eigenvalue weighted by molar-refractivity contribution is 9.10. The third-order valence-corrected chi connectivity index (χ3v) is 1.91. The van der Waals surface area contributed by atoms with Gasteiger partial charge in [-0.3, -0.25) is 4.79 Å². The number of carbonyl (C=O) groups excluding carboxylic acids is 1. The SMILES string of the molecule is O=C(F)c1cc(Br)cc(C(F)(F)F)c1. The van der Waals surface area contributed by atoms with Crippen molar-refractivity contribution >= 4 is 22.0 Å². The molecule has 0 spiro atoms. The molecule has 0 atom stereocenters. The van der Waals surface area contributed by atoms with Crippen LogP contribution >= 0.6 is 15.9 Å². The number of rotatable bonds is 1. The molecule has 1 nitrogen and oxygen atoms in total. The summed E-state index contributed by atoms with van der Waals surface area (Å²) >= 11 is 2.75. The minimum absolute atomic E-state index is 0.00771. The quantitative estimate of drug-likeness (QED) is 0.563. The lowest BCUT2D eigenvalue weighted by Crippen LogP contribution is -2.06. The fourth-order valence-corrected chi connectivity index (χ4v) is 1.36. The lowest BCUT2D eigenvalue weighted by atomic mass is 10.1. The smallest absolute Gasteiger partial charge is 0.255 e. The first kappa shape index (κ1) is 11.2. The normalized spacial score (nSPS) is 11.5. The molecule has 0 radical (unpaired) electrons. The van der Waals surface area contributed by atoms with Gasteiger partial charge in [-0.15, -0.1) is 0 Å². The molecular formula is C8H3BrF4O. The number of hydrogen-bond donors (Lipinski definition) is 0. The summed E-state index contributed by atoms with van der Waals surface area (Å²) in [5.74, 6) is 0. The lowest BCUT2D eigenvalue weighted by molar-refractivity contribution is -0.137. The Balaban J connectivity index is 3.28. The second-order valence-corrected chi connectivity index (χ2v) is 3.42. The van der Waals surface area contributed by atoms with E-state index in [1.54, 1.807) is 0 Å². The van der Waals surface area contributed by atoms with E-state index in [0.717, 1.165) is 12.1 Å². The highest BCUT2D eigenvalue weighted by atomic mass is 79.9. The van der Waals surface area contributed by atoms with Crippen molar-refractivity contribution in [1.82, 2.24) is 0 Å². The predicted molar refractivity (Wildman–Crippen MR) is 44.6 cm³/mol. The molecule has 1 rings (SSSR count). The average Bonchev–Trinajstić information content (AvgIpc) is 2.01. The van der Waals surface area contributed by atoms with Crippen LogP contribution in [0.2, 0.25) is 0 Å². The van der Waals surface area contributed by atoms with Crippen LogP contribution in [0.25, 0.3) is 0 Å². The van der Waals surface area contributed by atoms with Crippen LogP contribution in [-0.2, 0) is 6.18 Å². The van der Waals surface area contributed by atoms with Gasteiger partial charge < -0.3 is 0 Å². The van der Waals surface area contributed by atoms with Crippen molar-refractivity contribution in [1.29, 1.82) is 0 Å². The van der Waals surface area contributed by atoms with Gasteiger partial charge in [0.05, 0.1) is 11.1 Å². The molecule has 0 amide bonds. The Morgan fingerprint density at radius 2 is 1.79 bits per heavy atom. The largest absolute Gasteiger partial charge is 0.416 e. The minimum atomic E-state index is -4.59. The van der Waals surface area contributed by atoms with Crippen molar-refractivity contribution in [2.75, 3.05) is 0 Å². The molecule has 0 heterocycles. The summed E-state index contributed by atoms with van der Waals surface area (Å²) in [7, 11) is 0. The van der Waals surface area contributed by atoms with Crippen LogP contribution in [0.3, 0.4) is 0 Å². The molecule has 14 heavy (non-hydrogen) atoms. The summed E-state index contributed by atoms with van der Waals surface area (Å²) in [5.41, 5.74) is -1.68. The predicted octanol–water partition coefficient (Wildman–Crippen LogP) is 3.58. The van der Waals surface area contributed by atoms with Gasteiger partial charge in [0.2, 0.25) is 0 Å². The molecule has 0 fully saturated rings. The molecule has 6 heteroatoms. The van der Waals surface area contributed by atoms with Gasteiger partial charge in [0.15, 0.2) is 0 Å². The average molecular weight is 271 g/mol. The maximum Gasteiger partial charge on any atom is 0.416 e. The van der Waals surface area contributed by atoms with E-state index in [-0.39, 0.29) is 4.47 Å². The van der Waals surface area contributed by atoms with Crippen molar-refractivity contribution in [2.24, 2.45) is 0 Å². The Morgan fingerprint density at radius 3 is 2.21 bits per heavy atom. The van der Waals surface area contributed by atoms with E-state index in [1.807, 2.05) is 0 Å². The summed E-state index contributed by atoms with van der Waals surface area (Å²) in [6.45, 7) is 0. The number of carbonyl (C=O) groups is 1. The number of halogens is 5. The van der Waals surface area contributed by atoms with Gasteiger partial charge in [0, 0.05) is 4.47 Å².